The Balaban J connectivity index is 2.11. The zero-order valence-electron chi connectivity index (χ0n) is 15.4. The lowest BCUT2D eigenvalue weighted by atomic mass is 9.89. The average molecular weight is 404 g/mol. The number of carbonyl (C=O) groups is 1. The summed E-state index contributed by atoms with van der Waals surface area (Å²) in [7, 11) is 0. The third-order valence-corrected chi connectivity index (χ3v) is 4.86. The van der Waals surface area contributed by atoms with Gasteiger partial charge in [-0.2, -0.15) is 0 Å². The van der Waals surface area contributed by atoms with Crippen molar-refractivity contribution in [1.29, 1.82) is 0 Å². The van der Waals surface area contributed by atoms with E-state index in [2.05, 4.69) is 0 Å². The second kappa shape index (κ2) is 7.14. The summed E-state index contributed by atoms with van der Waals surface area (Å²) in [6.45, 7) is 1.82. The number of carboxylic acids is 1. The smallest absolute Gasteiger partial charge is 0.336 e. The molecule has 29 heavy (non-hydrogen) atoms. The van der Waals surface area contributed by atoms with E-state index in [4.69, 9.17) is 16.6 Å². The van der Waals surface area contributed by atoms with Crippen LogP contribution in [0.15, 0.2) is 63.8 Å². The maximum Gasteiger partial charge on any atom is 0.336 e. The van der Waals surface area contributed by atoms with Crippen LogP contribution in [0.3, 0.4) is 0 Å². The van der Waals surface area contributed by atoms with Gasteiger partial charge in [0.2, 0.25) is 0 Å². The molecule has 1 heterocycles. The first-order chi connectivity index (χ1) is 13.8. The van der Waals surface area contributed by atoms with Crippen molar-refractivity contribution in [2.45, 2.75) is 13.3 Å². The van der Waals surface area contributed by atoms with E-state index in [1.165, 1.54) is 24.3 Å². The minimum absolute atomic E-state index is 0.00934. The number of hydrogen-bond donors (Lipinski definition) is 2. The van der Waals surface area contributed by atoms with E-state index in [9.17, 15) is 19.8 Å². The minimum Gasteiger partial charge on any atom is -0.508 e. The number of fused-ring (bicyclic) bond motifs is 2. The van der Waals surface area contributed by atoms with Crippen LogP contribution in [-0.4, -0.2) is 21.0 Å². The monoisotopic (exact) mass is 404 g/mol. The number of rotatable bonds is 4. The molecule has 2 aliphatic rings. The van der Waals surface area contributed by atoms with Gasteiger partial charge in [0.25, 0.3) is 0 Å². The van der Waals surface area contributed by atoms with Gasteiger partial charge in [-0.1, -0.05) is 24.4 Å². The van der Waals surface area contributed by atoms with Crippen molar-refractivity contribution in [2.24, 2.45) is 0 Å². The third-order valence-electron chi connectivity index (χ3n) is 4.71. The maximum atomic E-state index is 12.1. The molecule has 0 saturated carbocycles. The lowest BCUT2D eigenvalue weighted by Gasteiger charge is -2.17. The van der Waals surface area contributed by atoms with Gasteiger partial charge in [-0.3, -0.25) is 4.79 Å². The SMILES string of the molecule is CC(=S)Cc1ccc(-c2c3ccc(=O)cc-3oc3cc(O)ccc23)c(C(=O)O)c1. The van der Waals surface area contributed by atoms with Gasteiger partial charge in [-0.05, 0) is 53.2 Å². The number of benzene rings is 3. The topological polar surface area (TPSA) is 87.7 Å². The van der Waals surface area contributed by atoms with Crippen LogP contribution < -0.4 is 5.43 Å². The van der Waals surface area contributed by atoms with E-state index in [1.807, 2.05) is 13.0 Å². The summed E-state index contributed by atoms with van der Waals surface area (Å²) in [5, 5.41) is 20.4. The number of phenols is 1. The van der Waals surface area contributed by atoms with Crippen LogP contribution in [0.1, 0.15) is 22.8 Å². The molecule has 0 amide bonds. The Bertz CT molecular complexity index is 1320. The normalized spacial score (nSPS) is 11.1. The van der Waals surface area contributed by atoms with Crippen molar-refractivity contribution in [1.82, 2.24) is 0 Å². The van der Waals surface area contributed by atoms with Gasteiger partial charge in [-0.15, -0.1) is 0 Å². The number of hydrogen-bond acceptors (Lipinski definition) is 5. The molecular formula is C23H16O5S. The Morgan fingerprint density at radius 1 is 1.03 bits per heavy atom. The van der Waals surface area contributed by atoms with Crippen LogP contribution in [0.4, 0.5) is 0 Å². The van der Waals surface area contributed by atoms with Crippen LogP contribution >= 0.6 is 12.2 Å². The summed E-state index contributed by atoms with van der Waals surface area (Å²) in [6.07, 6.45) is 0.509. The molecule has 1 aliphatic heterocycles. The number of aromatic carboxylic acids is 1. The first-order valence-corrected chi connectivity index (χ1v) is 9.30. The highest BCUT2D eigenvalue weighted by molar-refractivity contribution is 7.80. The van der Waals surface area contributed by atoms with Gasteiger partial charge < -0.3 is 14.6 Å². The lowest BCUT2D eigenvalue weighted by Crippen LogP contribution is -2.05. The van der Waals surface area contributed by atoms with Crippen molar-refractivity contribution in [3.05, 3.63) is 75.9 Å². The average Bonchev–Trinajstić information content (AvgIpc) is 2.65. The second-order valence-corrected chi connectivity index (χ2v) is 7.58. The van der Waals surface area contributed by atoms with Crippen LogP contribution in [0, 0.1) is 0 Å². The van der Waals surface area contributed by atoms with Crippen LogP contribution in [0.25, 0.3) is 33.4 Å². The molecule has 144 valence electrons. The summed E-state index contributed by atoms with van der Waals surface area (Å²) in [5.41, 5.74) is 2.82. The molecule has 2 N–H and O–H groups in total. The zero-order chi connectivity index (χ0) is 20.7. The van der Waals surface area contributed by atoms with Crippen LogP contribution in [0.2, 0.25) is 0 Å². The molecule has 5 nitrogen and oxygen atoms in total. The van der Waals surface area contributed by atoms with Crippen molar-refractivity contribution < 1.29 is 19.4 Å². The Morgan fingerprint density at radius 2 is 1.79 bits per heavy atom. The summed E-state index contributed by atoms with van der Waals surface area (Å²) < 4.78 is 5.82. The fraction of sp³-hybridized carbons (Fsp3) is 0.0870. The highest BCUT2D eigenvalue weighted by atomic mass is 32.1. The highest BCUT2D eigenvalue weighted by Gasteiger charge is 2.22. The van der Waals surface area contributed by atoms with Crippen molar-refractivity contribution in [3.8, 4) is 28.2 Å². The van der Waals surface area contributed by atoms with Gasteiger partial charge in [0, 0.05) is 35.1 Å². The van der Waals surface area contributed by atoms with Crippen LogP contribution in [-0.2, 0) is 6.42 Å². The first kappa shape index (κ1) is 18.8. The predicted molar refractivity (Wildman–Crippen MR) is 115 cm³/mol. The summed E-state index contributed by atoms with van der Waals surface area (Å²) >= 11 is 5.15. The van der Waals surface area contributed by atoms with Gasteiger partial charge in [-0.25, -0.2) is 4.79 Å². The fourth-order valence-electron chi connectivity index (χ4n) is 3.53. The lowest BCUT2D eigenvalue weighted by molar-refractivity contribution is 0.0697. The summed E-state index contributed by atoms with van der Waals surface area (Å²) in [6, 6.07) is 14.3. The largest absolute Gasteiger partial charge is 0.508 e. The molecule has 6 heteroatoms. The summed E-state index contributed by atoms with van der Waals surface area (Å²) in [4.78, 5) is 24.7. The van der Waals surface area contributed by atoms with E-state index in [-0.39, 0.29) is 16.7 Å². The molecule has 2 aromatic carbocycles. The molecule has 0 saturated heterocycles. The number of thiocarbonyl (C=S) groups is 1. The van der Waals surface area contributed by atoms with E-state index in [1.54, 1.807) is 24.3 Å². The Morgan fingerprint density at radius 3 is 2.52 bits per heavy atom. The Hall–Kier alpha value is -3.51. The quantitative estimate of drug-likeness (QED) is 0.372. The number of carboxylic acid groups (broad SMARTS) is 1. The number of phenolic OH excluding ortho intramolecular Hbond substituents is 1. The molecule has 0 atom stereocenters. The zero-order valence-corrected chi connectivity index (χ0v) is 16.2. The molecule has 4 rings (SSSR count). The van der Waals surface area contributed by atoms with Crippen molar-refractivity contribution in [3.63, 3.8) is 0 Å². The maximum absolute atomic E-state index is 12.1. The molecule has 0 fully saturated rings. The standard InChI is InChI=1S/C23H16O5S/c1-12(29)8-13-2-5-16(19(9-13)23(26)27)22-17-6-3-14(24)10-20(17)28-21-11-15(25)4-7-18(21)22/h2-7,9-11,24H,8H2,1H3,(H,26,27). The third kappa shape index (κ3) is 3.50. The van der Waals surface area contributed by atoms with Crippen molar-refractivity contribution >= 4 is 34.0 Å². The van der Waals surface area contributed by atoms with Gasteiger partial charge >= 0.3 is 5.97 Å². The number of aromatic hydroxyl groups is 1. The predicted octanol–water partition coefficient (Wildman–Crippen LogP) is 4.90. The molecular weight excluding hydrogens is 388 g/mol. The molecule has 0 unspecified atom stereocenters. The van der Waals surface area contributed by atoms with E-state index < -0.39 is 5.97 Å². The molecule has 0 spiro atoms. The highest BCUT2D eigenvalue weighted by Crippen LogP contribution is 2.42. The molecule has 0 bridgehead atoms. The molecule has 2 aromatic rings. The fourth-order valence-corrected chi connectivity index (χ4v) is 3.70. The molecule has 1 aliphatic carbocycles. The molecule has 0 aromatic heterocycles. The van der Waals surface area contributed by atoms with E-state index in [0.29, 0.717) is 39.8 Å². The Kier molecular flexibility index (Phi) is 4.64. The first-order valence-electron chi connectivity index (χ1n) is 8.89. The summed E-state index contributed by atoms with van der Waals surface area (Å²) in [5.74, 6) is -0.735. The van der Waals surface area contributed by atoms with E-state index in [0.717, 1.165) is 10.4 Å². The molecule has 0 radical (unpaired) electrons. The second-order valence-electron chi connectivity index (χ2n) is 6.88. The van der Waals surface area contributed by atoms with Crippen molar-refractivity contribution in [2.75, 3.05) is 0 Å². The van der Waals surface area contributed by atoms with E-state index >= 15 is 0 Å². The van der Waals surface area contributed by atoms with Gasteiger partial charge in [0.15, 0.2) is 5.43 Å². The van der Waals surface area contributed by atoms with Gasteiger partial charge in [0.1, 0.15) is 17.1 Å². The van der Waals surface area contributed by atoms with Crippen LogP contribution in [0.5, 0.6) is 5.75 Å². The Labute approximate surface area is 171 Å². The minimum atomic E-state index is -1.06. The van der Waals surface area contributed by atoms with Gasteiger partial charge in [0.05, 0.1) is 5.56 Å².